The SMILES string of the molecule is CCC(CC)(Cn1c(C(C)Cl)nc2cnccc21)SC. The molecular formula is C15H22ClN3S. The molecule has 0 saturated carbocycles. The molecule has 2 heterocycles. The van der Waals surface area contributed by atoms with Crippen molar-refractivity contribution < 1.29 is 0 Å². The maximum absolute atomic E-state index is 6.33. The Morgan fingerprint density at radius 3 is 2.65 bits per heavy atom. The first-order valence-corrected chi connectivity index (χ1v) is 8.72. The largest absolute Gasteiger partial charge is 0.325 e. The molecule has 0 saturated heterocycles. The van der Waals surface area contributed by atoms with Gasteiger partial charge in [0, 0.05) is 17.5 Å². The molecule has 0 aromatic carbocycles. The lowest BCUT2D eigenvalue weighted by atomic mass is 10.0. The van der Waals surface area contributed by atoms with Crippen LogP contribution >= 0.6 is 23.4 Å². The summed E-state index contributed by atoms with van der Waals surface area (Å²) < 4.78 is 2.51. The van der Waals surface area contributed by atoms with Crippen molar-refractivity contribution >= 4 is 34.4 Å². The molecule has 0 fully saturated rings. The number of alkyl halides is 1. The van der Waals surface area contributed by atoms with Crippen LogP contribution in [0.25, 0.3) is 11.0 Å². The molecule has 2 aromatic heterocycles. The second-order valence-electron chi connectivity index (χ2n) is 5.13. The van der Waals surface area contributed by atoms with Gasteiger partial charge in [0.05, 0.1) is 17.1 Å². The average molecular weight is 312 g/mol. The highest BCUT2D eigenvalue weighted by Gasteiger charge is 2.28. The van der Waals surface area contributed by atoms with Gasteiger partial charge in [0.25, 0.3) is 0 Å². The number of nitrogens with zero attached hydrogens (tertiary/aromatic N) is 3. The van der Waals surface area contributed by atoms with Crippen LogP contribution in [-0.4, -0.2) is 25.5 Å². The van der Waals surface area contributed by atoms with Gasteiger partial charge >= 0.3 is 0 Å². The summed E-state index contributed by atoms with van der Waals surface area (Å²) in [7, 11) is 0. The number of pyridine rings is 1. The van der Waals surface area contributed by atoms with Crippen molar-refractivity contribution in [3.8, 4) is 0 Å². The third-order valence-electron chi connectivity index (χ3n) is 4.10. The van der Waals surface area contributed by atoms with Crippen LogP contribution in [0.3, 0.4) is 0 Å². The lowest BCUT2D eigenvalue weighted by Gasteiger charge is -2.31. The van der Waals surface area contributed by atoms with Crippen molar-refractivity contribution in [3.63, 3.8) is 0 Å². The highest BCUT2D eigenvalue weighted by molar-refractivity contribution is 8.00. The Hall–Kier alpha value is -0.740. The summed E-state index contributed by atoms with van der Waals surface area (Å²) in [6.07, 6.45) is 8.09. The molecule has 110 valence electrons. The van der Waals surface area contributed by atoms with E-state index in [1.807, 2.05) is 37.1 Å². The predicted octanol–water partition coefficient (Wildman–Crippen LogP) is 4.65. The molecule has 2 rings (SSSR count). The van der Waals surface area contributed by atoms with Crippen LogP contribution in [0.4, 0.5) is 0 Å². The van der Waals surface area contributed by atoms with E-state index in [1.165, 1.54) is 0 Å². The second kappa shape index (κ2) is 6.35. The fourth-order valence-corrected chi connectivity index (χ4v) is 3.59. The number of hydrogen-bond acceptors (Lipinski definition) is 3. The van der Waals surface area contributed by atoms with Gasteiger partial charge in [-0.2, -0.15) is 11.8 Å². The predicted molar refractivity (Wildman–Crippen MR) is 88.6 cm³/mol. The van der Waals surface area contributed by atoms with Gasteiger partial charge in [0.1, 0.15) is 11.3 Å². The van der Waals surface area contributed by atoms with E-state index >= 15 is 0 Å². The van der Waals surface area contributed by atoms with Gasteiger partial charge in [0.15, 0.2) is 0 Å². The fraction of sp³-hybridized carbons (Fsp3) is 0.600. The van der Waals surface area contributed by atoms with Crippen LogP contribution in [0.2, 0.25) is 0 Å². The molecule has 2 aromatic rings. The molecule has 0 N–H and O–H groups in total. The minimum atomic E-state index is -0.101. The van der Waals surface area contributed by atoms with Gasteiger partial charge in [-0.3, -0.25) is 4.98 Å². The van der Waals surface area contributed by atoms with Crippen molar-refractivity contribution in [1.82, 2.24) is 14.5 Å². The molecule has 3 nitrogen and oxygen atoms in total. The van der Waals surface area contributed by atoms with Gasteiger partial charge < -0.3 is 4.57 Å². The van der Waals surface area contributed by atoms with Crippen molar-refractivity contribution in [2.75, 3.05) is 6.26 Å². The van der Waals surface area contributed by atoms with E-state index in [0.717, 1.165) is 36.2 Å². The molecule has 5 heteroatoms. The smallest absolute Gasteiger partial charge is 0.127 e. The maximum Gasteiger partial charge on any atom is 0.127 e. The zero-order valence-corrected chi connectivity index (χ0v) is 14.1. The Morgan fingerprint density at radius 1 is 1.40 bits per heavy atom. The quantitative estimate of drug-likeness (QED) is 0.727. The zero-order chi connectivity index (χ0) is 14.8. The normalized spacial score (nSPS) is 13.8. The molecule has 1 atom stereocenters. The number of halogens is 1. The molecule has 0 aliphatic heterocycles. The zero-order valence-electron chi connectivity index (χ0n) is 12.6. The topological polar surface area (TPSA) is 30.7 Å². The van der Waals surface area contributed by atoms with E-state index in [-0.39, 0.29) is 10.1 Å². The van der Waals surface area contributed by atoms with Crippen molar-refractivity contribution in [2.24, 2.45) is 0 Å². The van der Waals surface area contributed by atoms with E-state index in [4.69, 9.17) is 11.6 Å². The van der Waals surface area contributed by atoms with Gasteiger partial charge in [-0.25, -0.2) is 4.98 Å². The van der Waals surface area contributed by atoms with E-state index < -0.39 is 0 Å². The molecule has 0 radical (unpaired) electrons. The van der Waals surface area contributed by atoms with E-state index in [0.29, 0.717) is 0 Å². The average Bonchev–Trinajstić information content (AvgIpc) is 2.84. The monoisotopic (exact) mass is 311 g/mol. The Labute approximate surface area is 130 Å². The number of rotatable bonds is 6. The molecule has 0 aliphatic carbocycles. The van der Waals surface area contributed by atoms with Crippen molar-refractivity contribution in [1.29, 1.82) is 0 Å². The van der Waals surface area contributed by atoms with Crippen molar-refractivity contribution in [2.45, 2.75) is 50.3 Å². The Kier molecular flexibility index (Phi) is 4.97. The number of thioether (sulfide) groups is 1. The third kappa shape index (κ3) is 2.82. The van der Waals surface area contributed by atoms with Crippen molar-refractivity contribution in [3.05, 3.63) is 24.3 Å². The molecule has 0 bridgehead atoms. The minimum Gasteiger partial charge on any atom is -0.325 e. The first-order chi connectivity index (χ1) is 9.56. The molecule has 0 spiro atoms. The second-order valence-corrected chi connectivity index (χ2v) is 7.06. The highest BCUT2D eigenvalue weighted by atomic mass is 35.5. The maximum atomic E-state index is 6.33. The standard InChI is InChI=1S/C15H22ClN3S/c1-5-15(6-2,20-4)10-19-13-7-8-17-9-12(13)18-14(19)11(3)16/h7-9,11H,5-6,10H2,1-4H3. The van der Waals surface area contributed by atoms with Gasteiger partial charge in [0.2, 0.25) is 0 Å². The first-order valence-electron chi connectivity index (χ1n) is 7.06. The summed E-state index contributed by atoms with van der Waals surface area (Å²) in [5, 5.41) is -0.101. The lowest BCUT2D eigenvalue weighted by Crippen LogP contribution is -2.29. The van der Waals surface area contributed by atoms with E-state index in [9.17, 15) is 0 Å². The number of hydrogen-bond donors (Lipinski definition) is 0. The van der Waals surface area contributed by atoms with Crippen LogP contribution in [0, 0.1) is 0 Å². The summed E-state index contributed by atoms with van der Waals surface area (Å²) in [5.74, 6) is 0.940. The lowest BCUT2D eigenvalue weighted by molar-refractivity contribution is 0.463. The van der Waals surface area contributed by atoms with E-state index in [2.05, 4.69) is 34.6 Å². The highest BCUT2D eigenvalue weighted by Crippen LogP contribution is 2.35. The van der Waals surface area contributed by atoms with Crippen LogP contribution in [0.1, 0.15) is 44.8 Å². The van der Waals surface area contributed by atoms with Gasteiger partial charge in [-0.15, -0.1) is 11.6 Å². The van der Waals surface area contributed by atoms with Gasteiger partial charge in [-0.1, -0.05) is 13.8 Å². The number of imidazole rings is 1. The van der Waals surface area contributed by atoms with Gasteiger partial charge in [-0.05, 0) is 32.1 Å². The summed E-state index contributed by atoms with van der Waals surface area (Å²) in [6, 6.07) is 2.03. The summed E-state index contributed by atoms with van der Waals surface area (Å²) in [5.41, 5.74) is 2.06. The van der Waals surface area contributed by atoms with Crippen LogP contribution in [-0.2, 0) is 6.54 Å². The van der Waals surface area contributed by atoms with Crippen LogP contribution in [0.5, 0.6) is 0 Å². The number of fused-ring (bicyclic) bond motifs is 1. The summed E-state index contributed by atoms with van der Waals surface area (Å²) in [4.78, 5) is 8.82. The Balaban J connectivity index is 2.54. The summed E-state index contributed by atoms with van der Waals surface area (Å²) >= 11 is 8.26. The molecular weight excluding hydrogens is 290 g/mol. The molecule has 20 heavy (non-hydrogen) atoms. The summed E-state index contributed by atoms with van der Waals surface area (Å²) in [6.45, 7) is 7.42. The fourth-order valence-electron chi connectivity index (χ4n) is 2.59. The first kappa shape index (κ1) is 15.6. The van der Waals surface area contributed by atoms with Crippen LogP contribution in [0.15, 0.2) is 18.5 Å². The number of aromatic nitrogens is 3. The Bertz CT molecular complexity index is 567. The molecule has 0 aliphatic rings. The van der Waals surface area contributed by atoms with E-state index in [1.54, 1.807) is 0 Å². The molecule has 1 unspecified atom stereocenters. The third-order valence-corrected chi connectivity index (χ3v) is 5.87. The minimum absolute atomic E-state index is 0.101. The molecule has 0 amide bonds. The Morgan fingerprint density at radius 2 is 2.10 bits per heavy atom. The van der Waals surface area contributed by atoms with Crippen LogP contribution < -0.4 is 0 Å².